The second kappa shape index (κ2) is 10.9. The quantitative estimate of drug-likeness (QED) is 0.378. The summed E-state index contributed by atoms with van der Waals surface area (Å²) in [7, 11) is 0. The van der Waals surface area contributed by atoms with Crippen molar-refractivity contribution in [2.24, 2.45) is 0 Å². The van der Waals surface area contributed by atoms with Crippen LogP contribution in [0.1, 0.15) is 47.8 Å². The molecule has 2 aromatic carbocycles. The van der Waals surface area contributed by atoms with E-state index in [1.807, 2.05) is 38.1 Å². The Bertz CT molecular complexity index is 1330. The number of carbonyl (C=O) groups is 2. The molecule has 0 aliphatic rings. The number of Topliss-reactive ketones (excluding diaryl/α,β-unsaturated/α-hetero) is 1. The molecule has 0 aliphatic carbocycles. The van der Waals surface area contributed by atoms with Gasteiger partial charge in [0.15, 0.2) is 5.78 Å². The smallest absolute Gasteiger partial charge is 0.333 e. The number of nitrogens with zero attached hydrogens (tertiary/aromatic N) is 1. The van der Waals surface area contributed by atoms with Gasteiger partial charge in [0, 0.05) is 11.1 Å². The normalized spacial score (nSPS) is 12.1. The molecule has 33 heavy (non-hydrogen) atoms. The minimum Gasteiger partial charge on any atom is -0.494 e. The third-order valence-electron chi connectivity index (χ3n) is 4.93. The fourth-order valence-electron chi connectivity index (χ4n) is 3.28. The molecule has 3 aromatic rings. The van der Waals surface area contributed by atoms with Crippen molar-refractivity contribution in [3.63, 3.8) is 0 Å². The topological polar surface area (TPSA) is 74.6 Å². The number of hydrogen-bond donors (Lipinski definition) is 0. The van der Waals surface area contributed by atoms with E-state index in [1.54, 1.807) is 31.2 Å². The van der Waals surface area contributed by atoms with Crippen molar-refractivity contribution in [2.75, 3.05) is 13.2 Å². The molecule has 6 nitrogen and oxygen atoms in total. The summed E-state index contributed by atoms with van der Waals surface area (Å²) < 4.78 is 13.3. The number of carbonyl (C=O) groups excluding carboxylic acids is 2. The zero-order valence-electron chi connectivity index (χ0n) is 19.2. The number of ether oxygens (including phenoxy) is 2. The van der Waals surface area contributed by atoms with E-state index < -0.39 is 5.97 Å². The van der Waals surface area contributed by atoms with E-state index in [0.717, 1.165) is 11.1 Å². The van der Waals surface area contributed by atoms with Gasteiger partial charge in [-0.1, -0.05) is 29.8 Å². The molecular weight excluding hydrogens is 438 g/mol. The summed E-state index contributed by atoms with van der Waals surface area (Å²) in [4.78, 5) is 37.5. The van der Waals surface area contributed by atoms with E-state index >= 15 is 0 Å². The van der Waals surface area contributed by atoms with Gasteiger partial charge >= 0.3 is 5.97 Å². The average Bonchev–Trinajstić information content (AvgIpc) is 3.05. The number of thiazole rings is 1. The summed E-state index contributed by atoms with van der Waals surface area (Å²) in [5, 5.41) is 0. The fourth-order valence-corrected chi connectivity index (χ4v) is 4.31. The average molecular weight is 466 g/mol. The molecule has 0 unspecified atom stereocenters. The van der Waals surface area contributed by atoms with Gasteiger partial charge in [-0.05, 0) is 57.5 Å². The van der Waals surface area contributed by atoms with Crippen LogP contribution >= 0.6 is 11.3 Å². The largest absolute Gasteiger partial charge is 0.494 e. The first-order valence-corrected chi connectivity index (χ1v) is 11.6. The van der Waals surface area contributed by atoms with E-state index in [2.05, 4.69) is 0 Å². The number of benzene rings is 2. The molecule has 0 spiro atoms. The lowest BCUT2D eigenvalue weighted by atomic mass is 10.1. The molecule has 0 bridgehead atoms. The monoisotopic (exact) mass is 465 g/mol. The number of aryl methyl sites for hydroxylation is 1. The number of hydrogen-bond acceptors (Lipinski definition) is 6. The van der Waals surface area contributed by atoms with Crippen LogP contribution < -0.4 is 19.5 Å². The van der Waals surface area contributed by atoms with E-state index in [-0.39, 0.29) is 24.5 Å². The van der Waals surface area contributed by atoms with Crippen LogP contribution in [0.2, 0.25) is 0 Å². The summed E-state index contributed by atoms with van der Waals surface area (Å²) in [6.07, 6.45) is 3.14. The second-order valence-electron chi connectivity index (χ2n) is 7.46. The van der Waals surface area contributed by atoms with Gasteiger partial charge in [0.25, 0.3) is 5.56 Å². The summed E-state index contributed by atoms with van der Waals surface area (Å²) >= 11 is 1.22. The van der Waals surface area contributed by atoms with Gasteiger partial charge in [0.2, 0.25) is 0 Å². The minimum absolute atomic E-state index is 0.0799. The first kappa shape index (κ1) is 24.2. The van der Waals surface area contributed by atoms with E-state index in [0.29, 0.717) is 32.7 Å². The van der Waals surface area contributed by atoms with Crippen molar-refractivity contribution in [3.05, 3.63) is 84.3 Å². The van der Waals surface area contributed by atoms with Gasteiger partial charge in [-0.25, -0.2) is 4.79 Å². The molecule has 0 aliphatic heterocycles. The van der Waals surface area contributed by atoms with Crippen LogP contribution in [0.25, 0.3) is 12.2 Å². The third-order valence-corrected chi connectivity index (χ3v) is 5.99. The van der Waals surface area contributed by atoms with Crippen LogP contribution in [-0.2, 0) is 16.1 Å². The third kappa shape index (κ3) is 6.08. The lowest BCUT2D eigenvalue weighted by molar-refractivity contribution is -0.135. The summed E-state index contributed by atoms with van der Waals surface area (Å²) in [5.41, 5.74) is 3.00. The van der Waals surface area contributed by atoms with Crippen molar-refractivity contribution >= 4 is 35.2 Å². The van der Waals surface area contributed by atoms with Gasteiger partial charge < -0.3 is 9.47 Å². The molecule has 0 saturated carbocycles. The highest BCUT2D eigenvalue weighted by Crippen LogP contribution is 2.21. The summed E-state index contributed by atoms with van der Waals surface area (Å²) in [6.45, 7) is 7.92. The van der Waals surface area contributed by atoms with Gasteiger partial charge in [-0.3, -0.25) is 14.2 Å². The Balaban J connectivity index is 2.18. The van der Waals surface area contributed by atoms with E-state index in [4.69, 9.17) is 9.47 Å². The Morgan fingerprint density at radius 3 is 2.42 bits per heavy atom. The highest BCUT2D eigenvalue weighted by Gasteiger charge is 2.13. The second-order valence-corrected chi connectivity index (χ2v) is 8.52. The molecule has 7 heteroatoms. The molecule has 0 radical (unpaired) electrons. The van der Waals surface area contributed by atoms with Gasteiger partial charge in [-0.2, -0.15) is 0 Å². The molecule has 1 aromatic heterocycles. The van der Waals surface area contributed by atoms with E-state index in [9.17, 15) is 14.4 Å². The Morgan fingerprint density at radius 1 is 1.06 bits per heavy atom. The Kier molecular flexibility index (Phi) is 8.01. The van der Waals surface area contributed by atoms with Crippen LogP contribution in [-0.4, -0.2) is 29.5 Å². The first-order valence-electron chi connectivity index (χ1n) is 10.8. The highest BCUT2D eigenvalue weighted by atomic mass is 32.1. The number of aromatic nitrogens is 1. The molecule has 0 amide bonds. The van der Waals surface area contributed by atoms with Crippen LogP contribution in [0.5, 0.6) is 5.75 Å². The lowest BCUT2D eigenvalue weighted by Crippen LogP contribution is -2.32. The zero-order chi connectivity index (χ0) is 24.0. The predicted molar refractivity (Wildman–Crippen MR) is 130 cm³/mol. The maximum atomic E-state index is 13.4. The van der Waals surface area contributed by atoms with Crippen LogP contribution in [0.3, 0.4) is 0 Å². The van der Waals surface area contributed by atoms with Crippen LogP contribution in [0.4, 0.5) is 0 Å². The highest BCUT2D eigenvalue weighted by molar-refractivity contribution is 7.07. The van der Waals surface area contributed by atoms with Gasteiger partial charge in [0.1, 0.15) is 10.4 Å². The Morgan fingerprint density at radius 2 is 1.79 bits per heavy atom. The zero-order valence-corrected chi connectivity index (χ0v) is 20.0. The molecular formula is C26H27NO5S. The maximum absolute atomic E-state index is 13.4. The lowest BCUT2D eigenvalue weighted by Gasteiger charge is -2.12. The SMILES string of the molecule is CCOC(=O)/C=c1\s/c(=C\c2ccc(C)cc2)c(=O)n1Cc1cc(C(C)=O)ccc1OCC. The predicted octanol–water partition coefficient (Wildman–Crippen LogP) is 3.04. The van der Waals surface area contributed by atoms with Crippen LogP contribution in [0.15, 0.2) is 47.3 Å². The summed E-state index contributed by atoms with van der Waals surface area (Å²) in [6, 6.07) is 13.0. The molecule has 0 fully saturated rings. The minimum atomic E-state index is -0.517. The van der Waals surface area contributed by atoms with Crippen molar-refractivity contribution in [2.45, 2.75) is 34.2 Å². The molecule has 0 saturated heterocycles. The summed E-state index contributed by atoms with van der Waals surface area (Å²) in [5.74, 6) is -0.00711. The van der Waals surface area contributed by atoms with Crippen molar-refractivity contribution in [1.29, 1.82) is 0 Å². The molecule has 1 heterocycles. The molecule has 0 atom stereocenters. The fraction of sp³-hybridized carbons (Fsp3) is 0.269. The Hall–Kier alpha value is -3.45. The standard InChI is InChI=1S/C26H27NO5S/c1-5-31-22-12-11-20(18(4)28)14-21(22)16-27-24(15-25(29)32-6-2)33-23(26(27)30)13-19-9-7-17(3)8-10-19/h7-15H,5-6,16H2,1-4H3/b23-13-,24-15-. The van der Waals surface area contributed by atoms with Crippen molar-refractivity contribution < 1.29 is 19.1 Å². The molecule has 0 N–H and O–H groups in total. The molecule has 3 rings (SSSR count). The number of rotatable bonds is 8. The van der Waals surface area contributed by atoms with Crippen LogP contribution in [0, 0.1) is 6.92 Å². The Labute approximate surface area is 196 Å². The van der Waals surface area contributed by atoms with Gasteiger partial charge in [0.05, 0.1) is 30.4 Å². The maximum Gasteiger partial charge on any atom is 0.333 e. The van der Waals surface area contributed by atoms with E-state index in [1.165, 1.54) is 28.9 Å². The molecule has 172 valence electrons. The van der Waals surface area contributed by atoms with Crippen molar-refractivity contribution in [3.8, 4) is 5.75 Å². The number of ketones is 1. The first-order chi connectivity index (χ1) is 15.8. The van der Waals surface area contributed by atoms with Gasteiger partial charge in [-0.15, -0.1) is 11.3 Å². The van der Waals surface area contributed by atoms with Crippen molar-refractivity contribution in [1.82, 2.24) is 4.57 Å². The number of esters is 1.